The molecule has 3 fully saturated rings. The van der Waals surface area contributed by atoms with Gasteiger partial charge in [0.2, 0.25) is 15.9 Å². The second kappa shape index (κ2) is 10.6. The van der Waals surface area contributed by atoms with Crippen LogP contribution < -0.4 is 14.5 Å². The number of hydrogen-bond acceptors (Lipinski definition) is 10. The number of rotatable bonds is 8. The van der Waals surface area contributed by atoms with Crippen LogP contribution in [0.4, 0.5) is 17.2 Å². The van der Waals surface area contributed by atoms with Crippen molar-refractivity contribution in [3.8, 4) is 23.0 Å². The molecule has 3 aromatic rings. The molecular weight excluding hydrogens is 532 g/mol. The highest BCUT2D eigenvalue weighted by molar-refractivity contribution is 7.92. The fourth-order valence-electron chi connectivity index (χ4n) is 5.67. The number of hydrogen-bond donors (Lipinski definition) is 2. The second-order valence-corrected chi connectivity index (χ2v) is 13.1. The van der Waals surface area contributed by atoms with Crippen molar-refractivity contribution in [3.63, 3.8) is 0 Å². The van der Waals surface area contributed by atoms with Crippen LogP contribution in [0.25, 0.3) is 23.0 Å². The number of nitrogens with zero attached hydrogens (tertiary/aromatic N) is 5. The third-order valence-electron chi connectivity index (χ3n) is 8.15. The number of sulfonamides is 1. The molecule has 2 N–H and O–H groups in total. The van der Waals surface area contributed by atoms with E-state index in [-0.39, 0.29) is 11.9 Å². The highest BCUT2D eigenvalue weighted by atomic mass is 32.2. The molecule has 0 bridgehead atoms. The van der Waals surface area contributed by atoms with E-state index in [1.807, 2.05) is 25.1 Å². The first-order chi connectivity index (χ1) is 19.2. The number of pyridine rings is 1. The second-order valence-electron chi connectivity index (χ2n) is 11.3. The summed E-state index contributed by atoms with van der Waals surface area (Å²) in [5.74, 6) is 1.17. The average Bonchev–Trinajstić information content (AvgIpc) is 3.48. The lowest BCUT2D eigenvalue weighted by Gasteiger charge is -2.35. The summed E-state index contributed by atoms with van der Waals surface area (Å²) in [5.41, 5.74) is 4.16. The first kappa shape index (κ1) is 27.0. The molecule has 4 heterocycles. The Kier molecular flexibility index (Phi) is 7.18. The van der Waals surface area contributed by atoms with E-state index in [1.54, 1.807) is 6.07 Å². The molecule has 0 radical (unpaired) electrons. The quantitative estimate of drug-likeness (QED) is 0.416. The van der Waals surface area contributed by atoms with Gasteiger partial charge >= 0.3 is 0 Å². The molecule has 3 aliphatic rings. The molecule has 2 saturated heterocycles. The van der Waals surface area contributed by atoms with E-state index in [0.717, 1.165) is 61.7 Å². The van der Waals surface area contributed by atoms with Gasteiger partial charge in [0.25, 0.3) is 5.89 Å². The van der Waals surface area contributed by atoms with Gasteiger partial charge in [0, 0.05) is 26.2 Å². The van der Waals surface area contributed by atoms with Crippen molar-refractivity contribution >= 4 is 27.2 Å². The zero-order valence-corrected chi connectivity index (χ0v) is 23.8. The van der Waals surface area contributed by atoms with E-state index in [9.17, 15) is 8.42 Å². The molecule has 1 atom stereocenters. The molecule has 0 unspecified atom stereocenters. The molecule has 1 aliphatic carbocycles. The summed E-state index contributed by atoms with van der Waals surface area (Å²) in [6.45, 7) is 7.57. The van der Waals surface area contributed by atoms with Crippen LogP contribution in [0.2, 0.25) is 0 Å². The van der Waals surface area contributed by atoms with Crippen molar-refractivity contribution in [3.05, 3.63) is 35.9 Å². The highest BCUT2D eigenvalue weighted by Crippen LogP contribution is 2.54. The molecule has 6 rings (SSSR count). The molecule has 1 spiro atoms. The van der Waals surface area contributed by atoms with Gasteiger partial charge in [-0.1, -0.05) is 0 Å². The van der Waals surface area contributed by atoms with Gasteiger partial charge < -0.3 is 24.1 Å². The summed E-state index contributed by atoms with van der Waals surface area (Å²) < 4.78 is 39.2. The summed E-state index contributed by atoms with van der Waals surface area (Å²) in [6, 6.07) is 9.31. The van der Waals surface area contributed by atoms with Gasteiger partial charge in [-0.25, -0.2) is 13.4 Å². The van der Waals surface area contributed by atoms with Gasteiger partial charge in [-0.2, -0.15) is 0 Å². The lowest BCUT2D eigenvalue weighted by Crippen LogP contribution is -2.41. The highest BCUT2D eigenvalue weighted by Gasteiger charge is 2.44. The number of ether oxygens (including phenoxy) is 1. The maximum Gasteiger partial charge on any atom is 0.266 e. The van der Waals surface area contributed by atoms with Crippen LogP contribution in [0.15, 0.2) is 34.7 Å². The molecule has 1 saturated carbocycles. The Labute approximate surface area is 234 Å². The lowest BCUT2D eigenvalue weighted by molar-refractivity contribution is 0.0529. The Balaban J connectivity index is 1.32. The Hall–Kier alpha value is -3.22. The largest absolute Gasteiger partial charge is 0.415 e. The van der Waals surface area contributed by atoms with Crippen molar-refractivity contribution < 1.29 is 22.7 Å². The monoisotopic (exact) mass is 568 g/mol. The van der Waals surface area contributed by atoms with E-state index in [0.29, 0.717) is 35.2 Å². The first-order valence-electron chi connectivity index (χ1n) is 13.9. The maximum atomic E-state index is 12.3. The number of benzene rings is 1. The molecule has 0 amide bonds. The summed E-state index contributed by atoms with van der Waals surface area (Å²) in [4.78, 5) is 9.32. The lowest BCUT2D eigenvalue weighted by atomic mass is 9.93. The third kappa shape index (κ3) is 5.79. The van der Waals surface area contributed by atoms with Crippen LogP contribution in [0.5, 0.6) is 0 Å². The number of anilines is 3. The van der Waals surface area contributed by atoms with Crippen molar-refractivity contribution in [1.29, 1.82) is 0 Å². The van der Waals surface area contributed by atoms with Crippen molar-refractivity contribution in [2.24, 2.45) is 5.41 Å². The van der Waals surface area contributed by atoms with Crippen molar-refractivity contribution in [2.45, 2.75) is 45.6 Å². The molecule has 1 aromatic carbocycles. The number of aliphatic hydroxyl groups excluding tert-OH is 1. The van der Waals surface area contributed by atoms with Crippen LogP contribution in [-0.2, 0) is 14.8 Å². The summed E-state index contributed by atoms with van der Waals surface area (Å²) in [6.07, 6.45) is 4.93. The minimum atomic E-state index is -3.66. The van der Waals surface area contributed by atoms with Gasteiger partial charge in [-0.05, 0) is 80.8 Å². The number of piperidine rings is 1. The zero-order valence-electron chi connectivity index (χ0n) is 23.0. The minimum Gasteiger partial charge on any atom is -0.415 e. The summed E-state index contributed by atoms with van der Waals surface area (Å²) in [5, 5.41) is 17.9. The van der Waals surface area contributed by atoms with E-state index < -0.39 is 16.6 Å². The normalized spacial score (nSPS) is 20.6. The SMILES string of the molecule is Cc1cc(-c2nnc(-c3ccc(NS(=O)(=O)CCO)cc3N3CCC4(CC3)CC4)o2)nc(N2CCO[C@H](C)C2)c1. The van der Waals surface area contributed by atoms with E-state index in [4.69, 9.17) is 19.2 Å². The number of aromatic nitrogens is 3. The number of nitrogens with one attached hydrogen (secondary N) is 1. The van der Waals surface area contributed by atoms with Crippen molar-refractivity contribution in [1.82, 2.24) is 15.2 Å². The topological polar surface area (TPSA) is 134 Å². The standard InChI is InChI=1S/C28H36N6O5S/c1-19-15-23(29-25(16-19)34-11-13-38-20(2)18-34)27-31-30-26(39-27)22-4-3-21(32-40(36,37)14-12-35)17-24(22)33-9-7-28(5-6-28)8-10-33/h3-4,15-17,20,32,35H,5-14,18H2,1-2H3/t20-/m1/s1. The Bertz CT molecular complexity index is 1480. The molecule has 11 nitrogen and oxygen atoms in total. The van der Waals surface area contributed by atoms with E-state index in [2.05, 4.69) is 37.7 Å². The Morgan fingerprint density at radius 3 is 2.55 bits per heavy atom. The van der Waals surface area contributed by atoms with Gasteiger partial charge in [0.05, 0.1) is 42.0 Å². The average molecular weight is 569 g/mol. The van der Waals surface area contributed by atoms with Gasteiger partial charge in [-0.3, -0.25) is 4.72 Å². The number of aryl methyl sites for hydroxylation is 1. The smallest absolute Gasteiger partial charge is 0.266 e. The van der Waals surface area contributed by atoms with Crippen LogP contribution in [0, 0.1) is 12.3 Å². The molecule has 40 heavy (non-hydrogen) atoms. The fraction of sp³-hybridized carbons (Fsp3) is 0.536. The van der Waals surface area contributed by atoms with Crippen LogP contribution in [-0.4, -0.2) is 80.0 Å². The zero-order chi connectivity index (χ0) is 27.9. The molecule has 2 aromatic heterocycles. The van der Waals surface area contributed by atoms with Crippen molar-refractivity contribution in [2.75, 3.05) is 59.7 Å². The molecular formula is C28H36N6O5S. The minimum absolute atomic E-state index is 0.133. The summed E-state index contributed by atoms with van der Waals surface area (Å²) in [7, 11) is -3.66. The fourth-order valence-corrected chi connectivity index (χ4v) is 6.50. The molecule has 2 aliphatic heterocycles. The molecule has 214 valence electrons. The van der Waals surface area contributed by atoms with Gasteiger partial charge in [0.1, 0.15) is 11.5 Å². The third-order valence-corrected chi connectivity index (χ3v) is 9.42. The Morgan fingerprint density at radius 1 is 1.05 bits per heavy atom. The van der Waals surface area contributed by atoms with Gasteiger partial charge in [0.15, 0.2) is 0 Å². The van der Waals surface area contributed by atoms with E-state index >= 15 is 0 Å². The first-order valence-corrected chi connectivity index (χ1v) is 15.6. The van der Waals surface area contributed by atoms with Crippen LogP contribution >= 0.6 is 0 Å². The predicted octanol–water partition coefficient (Wildman–Crippen LogP) is 3.45. The molecule has 12 heteroatoms. The van der Waals surface area contributed by atoms with Crippen LogP contribution in [0.3, 0.4) is 0 Å². The number of morpholine rings is 1. The summed E-state index contributed by atoms with van der Waals surface area (Å²) >= 11 is 0. The predicted molar refractivity (Wildman–Crippen MR) is 153 cm³/mol. The maximum absolute atomic E-state index is 12.3. The van der Waals surface area contributed by atoms with Gasteiger partial charge in [-0.15, -0.1) is 10.2 Å². The number of aliphatic hydroxyl groups is 1. The van der Waals surface area contributed by atoms with E-state index in [1.165, 1.54) is 12.8 Å². The van der Waals surface area contributed by atoms with Crippen LogP contribution in [0.1, 0.15) is 38.2 Å². The Morgan fingerprint density at radius 2 is 1.82 bits per heavy atom.